The minimum Gasteiger partial charge on any atom is -0.355 e. The first-order valence-corrected chi connectivity index (χ1v) is 13.6. The predicted molar refractivity (Wildman–Crippen MR) is 148 cm³/mol. The summed E-state index contributed by atoms with van der Waals surface area (Å²) in [5.74, 6) is 0.157. The van der Waals surface area contributed by atoms with Gasteiger partial charge in [0.15, 0.2) is 0 Å². The molecule has 5 rings (SSSR count). The average molecular weight is 570 g/mol. The molecule has 11 heteroatoms. The van der Waals surface area contributed by atoms with Crippen LogP contribution in [0.1, 0.15) is 70.7 Å². The molecule has 2 aliphatic rings. The van der Waals surface area contributed by atoms with Gasteiger partial charge < -0.3 is 15.5 Å². The molecule has 1 aliphatic heterocycles. The van der Waals surface area contributed by atoms with Crippen LogP contribution in [-0.2, 0) is 13.0 Å². The van der Waals surface area contributed by atoms with Crippen molar-refractivity contribution in [1.29, 1.82) is 0 Å². The smallest absolute Gasteiger partial charge is 0.265 e. The van der Waals surface area contributed by atoms with Crippen LogP contribution >= 0.6 is 11.6 Å². The lowest BCUT2D eigenvalue weighted by atomic mass is 9.98. The highest BCUT2D eigenvalue weighted by molar-refractivity contribution is 6.31. The zero-order valence-electron chi connectivity index (χ0n) is 22.4. The number of nitrogens with one attached hydrogen (secondary N) is 2. The van der Waals surface area contributed by atoms with Gasteiger partial charge in [-0.2, -0.15) is 0 Å². The Morgan fingerprint density at radius 1 is 1.10 bits per heavy atom. The summed E-state index contributed by atoms with van der Waals surface area (Å²) in [6.45, 7) is 3.91. The topological polar surface area (TPSA) is 96.3 Å². The number of hydrogen-bond donors (Lipinski definition) is 2. The third-order valence-electron chi connectivity index (χ3n) is 7.65. The van der Waals surface area contributed by atoms with Gasteiger partial charge in [-0.3, -0.25) is 14.4 Å². The molecule has 1 aliphatic carbocycles. The van der Waals surface area contributed by atoms with Gasteiger partial charge >= 0.3 is 0 Å². The lowest BCUT2D eigenvalue weighted by Gasteiger charge is -2.35. The van der Waals surface area contributed by atoms with Gasteiger partial charge in [-0.1, -0.05) is 11.6 Å². The molecule has 0 saturated heterocycles. The maximum absolute atomic E-state index is 13.9. The van der Waals surface area contributed by atoms with Crippen LogP contribution in [0.3, 0.4) is 0 Å². The van der Waals surface area contributed by atoms with Crippen molar-refractivity contribution in [2.24, 2.45) is 5.92 Å². The van der Waals surface area contributed by atoms with Crippen molar-refractivity contribution in [3.8, 4) is 5.69 Å². The number of anilines is 1. The minimum atomic E-state index is -2.81. The summed E-state index contributed by atoms with van der Waals surface area (Å²) in [7, 11) is 1.55. The van der Waals surface area contributed by atoms with E-state index in [-0.39, 0.29) is 47.1 Å². The minimum absolute atomic E-state index is 0.0557. The molecular weight excluding hydrogens is 540 g/mol. The fraction of sp³-hybridized carbons (Fsp3) is 0.379. The van der Waals surface area contributed by atoms with E-state index in [1.807, 2.05) is 13.8 Å². The number of rotatable bonds is 7. The molecule has 0 spiro atoms. The van der Waals surface area contributed by atoms with E-state index in [1.165, 1.54) is 16.7 Å². The van der Waals surface area contributed by atoms with E-state index in [0.29, 0.717) is 34.4 Å². The molecule has 1 saturated carbocycles. The lowest BCUT2D eigenvalue weighted by Crippen LogP contribution is -2.46. The highest BCUT2D eigenvalue weighted by Crippen LogP contribution is 2.34. The molecule has 8 nitrogen and oxygen atoms in total. The number of alkyl halides is 2. The van der Waals surface area contributed by atoms with Crippen LogP contribution < -0.4 is 16.2 Å². The number of hydrogen-bond acceptors (Lipinski definition) is 5. The number of benzene rings is 2. The first-order valence-electron chi connectivity index (χ1n) is 13.2. The normalized spacial score (nSPS) is 17.4. The molecular formula is C29H30ClF2N5O3. The van der Waals surface area contributed by atoms with E-state index in [4.69, 9.17) is 16.6 Å². The Morgan fingerprint density at radius 2 is 1.77 bits per heavy atom. The first-order chi connectivity index (χ1) is 19.1. The molecule has 1 aromatic heterocycles. The Hall–Kier alpha value is -3.79. The molecule has 1 fully saturated rings. The first kappa shape index (κ1) is 27.8. The third kappa shape index (κ3) is 5.32. The maximum atomic E-state index is 13.9. The van der Waals surface area contributed by atoms with Gasteiger partial charge in [0, 0.05) is 46.4 Å². The molecule has 210 valence electrons. The van der Waals surface area contributed by atoms with E-state index in [2.05, 4.69) is 10.6 Å². The Balaban J connectivity index is 1.53. The maximum Gasteiger partial charge on any atom is 0.265 e. The van der Waals surface area contributed by atoms with Crippen LogP contribution in [0.25, 0.3) is 5.69 Å². The SMILES string of the molecule is CNC(=O)c1ccc(-n2c(N[C@@H](C)C3CC3)nc3c(c2=O)C[C@@H](C)N(C(=O)c2ccc(Cl)c(C(F)F)c2)C3)cc1. The highest BCUT2D eigenvalue weighted by Gasteiger charge is 2.34. The summed E-state index contributed by atoms with van der Waals surface area (Å²) < 4.78 is 28.3. The van der Waals surface area contributed by atoms with E-state index in [9.17, 15) is 23.2 Å². The van der Waals surface area contributed by atoms with Crippen LogP contribution in [0.2, 0.25) is 5.02 Å². The molecule has 0 bridgehead atoms. The van der Waals surface area contributed by atoms with Crippen molar-refractivity contribution >= 4 is 29.4 Å². The summed E-state index contributed by atoms with van der Waals surface area (Å²) in [6, 6.07) is 10.2. The molecule has 2 heterocycles. The van der Waals surface area contributed by atoms with Gasteiger partial charge in [-0.15, -0.1) is 0 Å². The summed E-state index contributed by atoms with van der Waals surface area (Å²) >= 11 is 5.90. The van der Waals surface area contributed by atoms with E-state index in [1.54, 1.807) is 36.2 Å². The van der Waals surface area contributed by atoms with Crippen molar-refractivity contribution < 1.29 is 18.4 Å². The number of nitrogens with zero attached hydrogens (tertiary/aromatic N) is 3. The molecule has 2 amide bonds. The quantitative estimate of drug-likeness (QED) is 0.418. The molecule has 2 atom stereocenters. The van der Waals surface area contributed by atoms with Crippen molar-refractivity contribution in [3.05, 3.63) is 85.8 Å². The van der Waals surface area contributed by atoms with Crippen LogP contribution in [0.5, 0.6) is 0 Å². The second-order valence-electron chi connectivity index (χ2n) is 10.4. The molecule has 0 unspecified atom stereocenters. The Kier molecular flexibility index (Phi) is 7.63. The summed E-state index contributed by atoms with van der Waals surface area (Å²) in [5.41, 5.74) is 1.41. The largest absolute Gasteiger partial charge is 0.355 e. The number of fused-ring (bicyclic) bond motifs is 1. The number of carbonyl (C=O) groups excluding carboxylic acids is 2. The van der Waals surface area contributed by atoms with Gasteiger partial charge in [0.2, 0.25) is 5.95 Å². The standard InChI is InChI=1S/C29H30ClF2N5O3/c1-15-12-22-24(14-36(15)27(39)19-8-11-23(30)21(13-19)25(31)32)35-29(34-16(2)17-4-5-17)37(28(22)40)20-9-6-18(7-10-20)26(38)33-3/h6-11,13,15-17,25H,4-5,12,14H2,1-3H3,(H,33,38)(H,34,35)/t15-,16+/m1/s1. The number of amides is 2. The lowest BCUT2D eigenvalue weighted by molar-refractivity contribution is 0.0652. The molecule has 40 heavy (non-hydrogen) atoms. The summed E-state index contributed by atoms with van der Waals surface area (Å²) in [5, 5.41) is 5.88. The molecule has 3 aromatic rings. The van der Waals surface area contributed by atoms with Crippen LogP contribution in [0.4, 0.5) is 14.7 Å². The second kappa shape index (κ2) is 11.0. The van der Waals surface area contributed by atoms with Crippen LogP contribution in [0, 0.1) is 5.92 Å². The van der Waals surface area contributed by atoms with Crippen molar-refractivity contribution in [3.63, 3.8) is 0 Å². The zero-order chi connectivity index (χ0) is 28.7. The van der Waals surface area contributed by atoms with E-state index < -0.39 is 17.9 Å². The molecule has 2 aromatic carbocycles. The summed E-state index contributed by atoms with van der Waals surface area (Å²) in [6.07, 6.45) is -0.388. The molecule has 2 N–H and O–H groups in total. The fourth-order valence-corrected chi connectivity index (χ4v) is 5.30. The fourth-order valence-electron chi connectivity index (χ4n) is 5.10. The predicted octanol–water partition coefficient (Wildman–Crippen LogP) is 4.98. The highest BCUT2D eigenvalue weighted by atomic mass is 35.5. The van der Waals surface area contributed by atoms with Gasteiger partial charge in [-0.25, -0.2) is 18.3 Å². The Bertz CT molecular complexity index is 1520. The van der Waals surface area contributed by atoms with Gasteiger partial charge in [-0.05, 0) is 81.5 Å². The van der Waals surface area contributed by atoms with Gasteiger partial charge in [0.05, 0.1) is 17.9 Å². The van der Waals surface area contributed by atoms with E-state index in [0.717, 1.165) is 18.9 Å². The number of halogens is 3. The Morgan fingerprint density at radius 3 is 2.40 bits per heavy atom. The van der Waals surface area contributed by atoms with Crippen molar-refractivity contribution in [2.45, 2.75) is 58.2 Å². The van der Waals surface area contributed by atoms with E-state index >= 15 is 0 Å². The van der Waals surface area contributed by atoms with Crippen LogP contribution in [-0.4, -0.2) is 45.4 Å². The zero-order valence-corrected chi connectivity index (χ0v) is 23.1. The van der Waals surface area contributed by atoms with Gasteiger partial charge in [0.1, 0.15) is 0 Å². The number of carbonyl (C=O) groups is 2. The monoisotopic (exact) mass is 569 g/mol. The average Bonchev–Trinajstić information content (AvgIpc) is 3.79. The van der Waals surface area contributed by atoms with Crippen molar-refractivity contribution in [1.82, 2.24) is 19.8 Å². The Labute approximate surface area is 235 Å². The van der Waals surface area contributed by atoms with Crippen molar-refractivity contribution in [2.75, 3.05) is 12.4 Å². The third-order valence-corrected chi connectivity index (χ3v) is 8.00. The summed E-state index contributed by atoms with van der Waals surface area (Å²) in [4.78, 5) is 45.8. The van der Waals surface area contributed by atoms with Crippen LogP contribution in [0.15, 0.2) is 47.3 Å². The van der Waals surface area contributed by atoms with Gasteiger partial charge in [0.25, 0.3) is 23.8 Å². The molecule has 0 radical (unpaired) electrons. The second-order valence-corrected chi connectivity index (χ2v) is 10.8. The number of aromatic nitrogens is 2.